The fourth-order valence-electron chi connectivity index (χ4n) is 3.26. The maximum absolute atomic E-state index is 5.77. The van der Waals surface area contributed by atoms with E-state index in [0.29, 0.717) is 6.04 Å². The lowest BCUT2D eigenvalue weighted by Crippen LogP contribution is -2.27. The molecular formula is C21H32N4O. The quantitative estimate of drug-likeness (QED) is 0.744. The van der Waals surface area contributed by atoms with Crippen molar-refractivity contribution in [3.63, 3.8) is 0 Å². The lowest BCUT2D eigenvalue weighted by atomic mass is 9.93. The molecule has 1 aliphatic rings. The van der Waals surface area contributed by atoms with Gasteiger partial charge >= 0.3 is 0 Å². The third-order valence-corrected chi connectivity index (χ3v) is 4.94. The molecule has 0 unspecified atom stereocenters. The lowest BCUT2D eigenvalue weighted by Gasteiger charge is -2.25. The maximum atomic E-state index is 5.77. The molecular weight excluding hydrogens is 324 g/mol. The van der Waals surface area contributed by atoms with Gasteiger partial charge in [-0.15, -0.1) is 0 Å². The summed E-state index contributed by atoms with van der Waals surface area (Å²) in [5, 5.41) is 8.18. The van der Waals surface area contributed by atoms with Crippen LogP contribution in [-0.2, 0) is 6.54 Å². The van der Waals surface area contributed by atoms with Crippen molar-refractivity contribution in [1.29, 1.82) is 0 Å². The van der Waals surface area contributed by atoms with Crippen LogP contribution in [0.15, 0.2) is 30.5 Å². The number of hydrogen-bond donors (Lipinski definition) is 1. The minimum atomic E-state index is 0.190. The molecule has 3 rings (SSSR count). The molecule has 1 aliphatic carbocycles. The normalized spacial score (nSPS) is 14.8. The third-order valence-electron chi connectivity index (χ3n) is 4.94. The number of aromatic nitrogens is 2. The molecule has 1 aromatic heterocycles. The van der Waals surface area contributed by atoms with Crippen molar-refractivity contribution in [2.75, 3.05) is 27.2 Å². The number of nitrogens with zero attached hydrogens (tertiary/aromatic N) is 3. The lowest BCUT2D eigenvalue weighted by molar-refractivity contribution is 0.242. The molecule has 0 bridgehead atoms. The second-order valence-corrected chi connectivity index (χ2v) is 7.60. The molecule has 1 saturated carbocycles. The molecule has 26 heavy (non-hydrogen) atoms. The molecule has 0 saturated heterocycles. The monoisotopic (exact) mass is 356 g/mol. The summed E-state index contributed by atoms with van der Waals surface area (Å²) < 4.78 is 7.97. The van der Waals surface area contributed by atoms with E-state index in [-0.39, 0.29) is 6.10 Å². The number of rotatable bonds is 9. The average molecular weight is 357 g/mol. The fraction of sp³-hybridized carbons (Fsp3) is 0.571. The van der Waals surface area contributed by atoms with Crippen LogP contribution in [0.5, 0.6) is 5.75 Å². The van der Waals surface area contributed by atoms with Crippen LogP contribution in [-0.4, -0.2) is 48.0 Å². The van der Waals surface area contributed by atoms with Crippen molar-refractivity contribution in [1.82, 2.24) is 20.0 Å². The van der Waals surface area contributed by atoms with E-state index in [2.05, 4.69) is 40.3 Å². The van der Waals surface area contributed by atoms with E-state index in [1.54, 1.807) is 0 Å². The summed E-state index contributed by atoms with van der Waals surface area (Å²) in [7, 11) is 4.16. The minimum absolute atomic E-state index is 0.190. The molecule has 5 heteroatoms. The van der Waals surface area contributed by atoms with Crippen molar-refractivity contribution in [3.8, 4) is 17.0 Å². The van der Waals surface area contributed by atoms with Gasteiger partial charge in [-0.1, -0.05) is 0 Å². The Morgan fingerprint density at radius 1 is 1.27 bits per heavy atom. The average Bonchev–Trinajstić information content (AvgIpc) is 2.94. The smallest absolute Gasteiger partial charge is 0.119 e. The minimum Gasteiger partial charge on any atom is -0.491 e. The summed E-state index contributed by atoms with van der Waals surface area (Å²) >= 11 is 0. The Bertz CT molecular complexity index is 689. The summed E-state index contributed by atoms with van der Waals surface area (Å²) in [5.41, 5.74) is 3.56. The number of likely N-dealkylation sites (N-methyl/N-ethyl adjacent to an activating group) is 2. The Morgan fingerprint density at radius 3 is 2.58 bits per heavy atom. The van der Waals surface area contributed by atoms with Gasteiger partial charge in [-0.2, -0.15) is 5.10 Å². The van der Waals surface area contributed by atoms with E-state index < -0.39 is 0 Å². The zero-order chi connectivity index (χ0) is 18.5. The second-order valence-electron chi connectivity index (χ2n) is 7.60. The van der Waals surface area contributed by atoms with Crippen LogP contribution in [0.3, 0.4) is 0 Å². The summed E-state index contributed by atoms with van der Waals surface area (Å²) in [5.74, 6) is 0.912. The summed E-state index contributed by atoms with van der Waals surface area (Å²) in [6.07, 6.45) is 6.26. The van der Waals surface area contributed by atoms with Crippen LogP contribution in [0.1, 0.15) is 44.7 Å². The molecule has 0 aliphatic heterocycles. The van der Waals surface area contributed by atoms with Gasteiger partial charge in [-0.25, -0.2) is 0 Å². The van der Waals surface area contributed by atoms with Gasteiger partial charge in [0, 0.05) is 37.0 Å². The van der Waals surface area contributed by atoms with Crippen LogP contribution < -0.4 is 10.1 Å². The summed E-state index contributed by atoms with van der Waals surface area (Å²) in [4.78, 5) is 2.35. The Hall–Kier alpha value is -1.85. The highest BCUT2D eigenvalue weighted by molar-refractivity contribution is 5.63. The Labute approximate surface area is 157 Å². The largest absolute Gasteiger partial charge is 0.491 e. The van der Waals surface area contributed by atoms with Gasteiger partial charge in [-0.3, -0.25) is 4.68 Å². The van der Waals surface area contributed by atoms with Gasteiger partial charge in [0.1, 0.15) is 5.75 Å². The van der Waals surface area contributed by atoms with Crippen LogP contribution in [0.25, 0.3) is 11.3 Å². The zero-order valence-electron chi connectivity index (χ0n) is 16.5. The van der Waals surface area contributed by atoms with Crippen molar-refractivity contribution in [2.24, 2.45) is 0 Å². The van der Waals surface area contributed by atoms with E-state index >= 15 is 0 Å². The highest BCUT2D eigenvalue weighted by Crippen LogP contribution is 2.34. The van der Waals surface area contributed by atoms with Gasteiger partial charge in [0.25, 0.3) is 0 Å². The van der Waals surface area contributed by atoms with Crippen molar-refractivity contribution >= 4 is 0 Å². The fourth-order valence-corrected chi connectivity index (χ4v) is 3.26. The SMILES string of the molecule is CNCCN(C)Cc1cn(C2CCC2)nc1-c1ccc(OC(C)C)cc1. The molecule has 5 nitrogen and oxygen atoms in total. The molecule has 0 amide bonds. The molecule has 0 atom stereocenters. The topological polar surface area (TPSA) is 42.3 Å². The Morgan fingerprint density at radius 2 is 2.00 bits per heavy atom. The zero-order valence-corrected chi connectivity index (χ0v) is 16.5. The first-order chi connectivity index (χ1) is 12.6. The van der Waals surface area contributed by atoms with Crippen LogP contribution >= 0.6 is 0 Å². The standard InChI is InChI=1S/C21H32N4O/c1-16(2)26-20-10-8-17(9-11-20)21-18(14-24(4)13-12-22-3)15-25(23-21)19-6-5-7-19/h8-11,15-16,19,22H,5-7,12-14H2,1-4H3. The van der Waals surface area contributed by atoms with Gasteiger partial charge in [0.05, 0.1) is 17.8 Å². The number of nitrogens with one attached hydrogen (secondary N) is 1. The molecule has 0 spiro atoms. The number of hydrogen-bond acceptors (Lipinski definition) is 4. The van der Waals surface area contributed by atoms with Gasteiger partial charge < -0.3 is 15.0 Å². The highest BCUT2D eigenvalue weighted by Gasteiger charge is 2.23. The molecule has 1 fully saturated rings. The number of benzene rings is 1. The van der Waals surface area contributed by atoms with Crippen molar-refractivity contribution in [2.45, 2.75) is 51.8 Å². The van der Waals surface area contributed by atoms with E-state index in [1.807, 2.05) is 33.0 Å². The first-order valence-corrected chi connectivity index (χ1v) is 9.75. The molecule has 0 radical (unpaired) electrons. The predicted octanol–water partition coefficient (Wildman–Crippen LogP) is 3.71. The molecule has 2 aromatic rings. The third kappa shape index (κ3) is 4.65. The van der Waals surface area contributed by atoms with Gasteiger partial charge in [-0.05, 0) is 71.5 Å². The van der Waals surface area contributed by atoms with Crippen LogP contribution in [0, 0.1) is 0 Å². The summed E-state index contributed by atoms with van der Waals surface area (Å²) in [6.45, 7) is 7.02. The van der Waals surface area contributed by atoms with Crippen molar-refractivity contribution < 1.29 is 4.74 Å². The van der Waals surface area contributed by atoms with Crippen LogP contribution in [0.2, 0.25) is 0 Å². The van der Waals surface area contributed by atoms with Crippen LogP contribution in [0.4, 0.5) is 0 Å². The number of ether oxygens (including phenoxy) is 1. The first-order valence-electron chi connectivity index (χ1n) is 9.75. The van der Waals surface area contributed by atoms with E-state index in [4.69, 9.17) is 9.84 Å². The van der Waals surface area contributed by atoms with Gasteiger partial charge in [0.2, 0.25) is 0 Å². The van der Waals surface area contributed by atoms with E-state index in [1.165, 1.54) is 24.8 Å². The van der Waals surface area contributed by atoms with E-state index in [0.717, 1.165) is 36.6 Å². The van der Waals surface area contributed by atoms with E-state index in [9.17, 15) is 0 Å². The molecule has 1 N–H and O–H groups in total. The summed E-state index contributed by atoms with van der Waals surface area (Å²) in [6, 6.07) is 8.93. The molecule has 142 valence electrons. The first kappa shape index (κ1) is 18.9. The molecule has 1 heterocycles. The Kier molecular flexibility index (Phi) is 6.33. The van der Waals surface area contributed by atoms with Gasteiger partial charge in [0.15, 0.2) is 0 Å². The predicted molar refractivity (Wildman–Crippen MR) is 107 cm³/mol. The maximum Gasteiger partial charge on any atom is 0.119 e. The Balaban J connectivity index is 1.82. The highest BCUT2D eigenvalue weighted by atomic mass is 16.5. The second kappa shape index (κ2) is 8.69. The van der Waals surface area contributed by atoms with Crippen molar-refractivity contribution in [3.05, 3.63) is 36.0 Å². The molecule has 1 aromatic carbocycles.